The molecule has 2 heterocycles. The number of hydrogen-bond acceptors (Lipinski definition) is 6. The lowest BCUT2D eigenvalue weighted by atomic mass is 10.2. The molecule has 2 aromatic rings. The Morgan fingerprint density at radius 1 is 1.33 bits per heavy atom. The van der Waals surface area contributed by atoms with Gasteiger partial charge in [-0.05, 0) is 31.4 Å². The third-order valence-corrected chi connectivity index (χ3v) is 4.29. The number of aryl methyl sites for hydroxylation is 1. The van der Waals surface area contributed by atoms with Crippen LogP contribution in [0.5, 0.6) is 5.75 Å². The first-order valence-electron chi connectivity index (χ1n) is 8.40. The maximum absolute atomic E-state index is 9.45. The lowest BCUT2D eigenvalue weighted by molar-refractivity contribution is 0.266. The summed E-state index contributed by atoms with van der Waals surface area (Å²) in [6.07, 6.45) is 3.66. The maximum atomic E-state index is 9.45. The van der Waals surface area contributed by atoms with Gasteiger partial charge >= 0.3 is 0 Å². The molecular formula is C18H24N4O2. The molecule has 1 aromatic carbocycles. The summed E-state index contributed by atoms with van der Waals surface area (Å²) in [6, 6.07) is 10.1. The molecule has 1 aliphatic heterocycles. The van der Waals surface area contributed by atoms with E-state index in [-0.39, 0.29) is 12.6 Å². The summed E-state index contributed by atoms with van der Waals surface area (Å²) >= 11 is 0. The summed E-state index contributed by atoms with van der Waals surface area (Å²) in [5.74, 6) is 2.55. The second kappa shape index (κ2) is 7.97. The van der Waals surface area contributed by atoms with Crippen LogP contribution in [-0.2, 0) is 0 Å². The molecule has 0 aliphatic carbocycles. The summed E-state index contributed by atoms with van der Waals surface area (Å²) in [4.78, 5) is 10.7. The van der Waals surface area contributed by atoms with Gasteiger partial charge in [-0.3, -0.25) is 0 Å². The van der Waals surface area contributed by atoms with Crippen molar-refractivity contribution in [3.63, 3.8) is 0 Å². The van der Waals surface area contributed by atoms with E-state index in [4.69, 9.17) is 4.74 Å². The smallest absolute Gasteiger partial charge is 0.134 e. The van der Waals surface area contributed by atoms with Crippen molar-refractivity contribution in [2.45, 2.75) is 25.8 Å². The van der Waals surface area contributed by atoms with Crippen molar-refractivity contribution < 1.29 is 9.84 Å². The Balaban J connectivity index is 1.53. The molecule has 0 amide bonds. The first-order valence-corrected chi connectivity index (χ1v) is 8.40. The van der Waals surface area contributed by atoms with Gasteiger partial charge in [-0.1, -0.05) is 18.2 Å². The molecule has 2 N–H and O–H groups in total. The molecule has 1 saturated heterocycles. The van der Waals surface area contributed by atoms with Crippen LogP contribution in [0.4, 0.5) is 11.6 Å². The molecule has 24 heavy (non-hydrogen) atoms. The van der Waals surface area contributed by atoms with E-state index in [1.165, 1.54) is 0 Å². The molecule has 0 radical (unpaired) electrons. The van der Waals surface area contributed by atoms with Crippen LogP contribution in [0.15, 0.2) is 36.7 Å². The molecule has 1 unspecified atom stereocenters. The molecule has 1 aliphatic rings. The Kier molecular flexibility index (Phi) is 5.48. The molecule has 1 aromatic heterocycles. The fourth-order valence-corrected chi connectivity index (χ4v) is 2.99. The minimum atomic E-state index is 0.164. The molecule has 1 atom stereocenters. The number of ether oxygens (including phenoxy) is 1. The van der Waals surface area contributed by atoms with Gasteiger partial charge in [-0.15, -0.1) is 0 Å². The Morgan fingerprint density at radius 2 is 2.21 bits per heavy atom. The molecule has 6 heteroatoms. The van der Waals surface area contributed by atoms with E-state index >= 15 is 0 Å². The van der Waals surface area contributed by atoms with E-state index in [2.05, 4.69) is 20.2 Å². The van der Waals surface area contributed by atoms with Gasteiger partial charge in [-0.2, -0.15) is 0 Å². The Morgan fingerprint density at radius 3 is 3.04 bits per heavy atom. The summed E-state index contributed by atoms with van der Waals surface area (Å²) < 4.78 is 5.77. The van der Waals surface area contributed by atoms with Crippen molar-refractivity contribution in [1.29, 1.82) is 0 Å². The molecule has 3 rings (SSSR count). The number of hydrogen-bond donors (Lipinski definition) is 2. The van der Waals surface area contributed by atoms with Crippen LogP contribution in [0.1, 0.15) is 18.4 Å². The van der Waals surface area contributed by atoms with Crippen molar-refractivity contribution in [3.05, 3.63) is 42.2 Å². The predicted molar refractivity (Wildman–Crippen MR) is 94.6 cm³/mol. The van der Waals surface area contributed by atoms with E-state index in [9.17, 15) is 5.11 Å². The zero-order chi connectivity index (χ0) is 16.8. The van der Waals surface area contributed by atoms with Gasteiger partial charge in [0.05, 0.1) is 19.2 Å². The highest BCUT2D eigenvalue weighted by molar-refractivity contribution is 5.49. The zero-order valence-electron chi connectivity index (χ0n) is 14.0. The van der Waals surface area contributed by atoms with Crippen molar-refractivity contribution in [3.8, 4) is 5.75 Å². The molecular weight excluding hydrogens is 304 g/mol. The van der Waals surface area contributed by atoms with E-state index in [0.29, 0.717) is 13.2 Å². The van der Waals surface area contributed by atoms with E-state index < -0.39 is 0 Å². The van der Waals surface area contributed by atoms with Crippen molar-refractivity contribution in [2.24, 2.45) is 0 Å². The molecule has 128 valence electrons. The molecule has 0 spiro atoms. The molecule has 6 nitrogen and oxygen atoms in total. The Hall–Kier alpha value is -2.34. The highest BCUT2D eigenvalue weighted by atomic mass is 16.5. The fraction of sp³-hybridized carbons (Fsp3) is 0.444. The Labute approximate surface area is 142 Å². The average Bonchev–Trinajstić information content (AvgIpc) is 3.09. The summed E-state index contributed by atoms with van der Waals surface area (Å²) in [5.41, 5.74) is 1.13. The molecule has 0 saturated carbocycles. The van der Waals surface area contributed by atoms with Crippen LogP contribution in [0.2, 0.25) is 0 Å². The number of aliphatic hydroxyl groups excluding tert-OH is 1. The van der Waals surface area contributed by atoms with Gasteiger partial charge in [-0.25, -0.2) is 9.97 Å². The van der Waals surface area contributed by atoms with Crippen molar-refractivity contribution in [2.75, 3.05) is 36.5 Å². The van der Waals surface area contributed by atoms with Crippen LogP contribution < -0.4 is 15.0 Å². The van der Waals surface area contributed by atoms with Gasteiger partial charge in [0.25, 0.3) is 0 Å². The van der Waals surface area contributed by atoms with Crippen LogP contribution in [0.25, 0.3) is 0 Å². The normalized spacial score (nSPS) is 17.1. The monoisotopic (exact) mass is 328 g/mol. The quantitative estimate of drug-likeness (QED) is 0.760. The van der Waals surface area contributed by atoms with E-state index in [1.54, 1.807) is 6.33 Å². The average molecular weight is 328 g/mol. The standard InChI is InChI=1S/C18H24N4O2/c1-14-5-2-3-7-16(14)24-10-8-19-17-11-18(21-13-20-17)22-9-4-6-15(22)12-23/h2-3,5,7,11,13,15,23H,4,6,8-10,12H2,1H3,(H,19,20,21). The molecule has 1 fully saturated rings. The minimum absolute atomic E-state index is 0.164. The van der Waals surface area contributed by atoms with Crippen molar-refractivity contribution in [1.82, 2.24) is 9.97 Å². The van der Waals surface area contributed by atoms with Crippen LogP contribution >= 0.6 is 0 Å². The third kappa shape index (κ3) is 3.94. The lowest BCUT2D eigenvalue weighted by Crippen LogP contribution is -2.32. The highest BCUT2D eigenvalue weighted by Crippen LogP contribution is 2.24. The van der Waals surface area contributed by atoms with E-state index in [0.717, 1.165) is 42.3 Å². The highest BCUT2D eigenvalue weighted by Gasteiger charge is 2.25. The van der Waals surface area contributed by atoms with Crippen molar-refractivity contribution >= 4 is 11.6 Å². The number of anilines is 2. The number of nitrogens with zero attached hydrogens (tertiary/aromatic N) is 3. The SMILES string of the molecule is Cc1ccccc1OCCNc1cc(N2CCCC2CO)ncn1. The van der Waals surface area contributed by atoms with Gasteiger partial charge < -0.3 is 20.1 Å². The maximum Gasteiger partial charge on any atom is 0.134 e. The number of rotatable bonds is 7. The van der Waals surface area contributed by atoms with E-state index in [1.807, 2.05) is 37.3 Å². The first-order chi connectivity index (χ1) is 11.8. The lowest BCUT2D eigenvalue weighted by Gasteiger charge is -2.24. The molecule has 0 bridgehead atoms. The van der Waals surface area contributed by atoms with Gasteiger partial charge in [0.15, 0.2) is 0 Å². The second-order valence-corrected chi connectivity index (χ2v) is 5.97. The van der Waals surface area contributed by atoms with Gasteiger partial charge in [0.1, 0.15) is 30.3 Å². The zero-order valence-corrected chi connectivity index (χ0v) is 14.0. The first kappa shape index (κ1) is 16.5. The van der Waals surface area contributed by atoms with Gasteiger partial charge in [0.2, 0.25) is 0 Å². The summed E-state index contributed by atoms with van der Waals surface area (Å²) in [6.45, 7) is 4.35. The van der Waals surface area contributed by atoms with Crippen LogP contribution in [-0.4, -0.2) is 47.4 Å². The summed E-state index contributed by atoms with van der Waals surface area (Å²) in [5, 5.41) is 12.7. The second-order valence-electron chi connectivity index (χ2n) is 5.97. The number of benzene rings is 1. The fourth-order valence-electron chi connectivity index (χ4n) is 2.99. The number of para-hydroxylation sites is 1. The van der Waals surface area contributed by atoms with Crippen LogP contribution in [0, 0.1) is 6.92 Å². The predicted octanol–water partition coefficient (Wildman–Crippen LogP) is 2.24. The van der Waals surface area contributed by atoms with Crippen LogP contribution in [0.3, 0.4) is 0 Å². The third-order valence-electron chi connectivity index (χ3n) is 4.29. The van der Waals surface area contributed by atoms with Gasteiger partial charge in [0, 0.05) is 12.6 Å². The number of aliphatic hydroxyl groups is 1. The summed E-state index contributed by atoms with van der Waals surface area (Å²) in [7, 11) is 0. The minimum Gasteiger partial charge on any atom is -0.491 e. The number of aromatic nitrogens is 2. The largest absolute Gasteiger partial charge is 0.491 e. The topological polar surface area (TPSA) is 70.5 Å². The number of nitrogens with one attached hydrogen (secondary N) is 1. The Bertz CT molecular complexity index is 665.